The Morgan fingerprint density at radius 3 is 0.970 bits per heavy atom. The van der Waals surface area contributed by atoms with Crippen LogP contribution in [0, 0.1) is 13.8 Å². The van der Waals surface area contributed by atoms with Crippen molar-refractivity contribution < 1.29 is 5.71 Å². The molecule has 0 unspecified atom stereocenters. The van der Waals surface area contributed by atoms with Gasteiger partial charge in [-0.2, -0.15) is 0 Å². The van der Waals surface area contributed by atoms with Gasteiger partial charge in [-0.3, -0.25) is 0 Å². The van der Waals surface area contributed by atoms with Gasteiger partial charge in [-0.25, -0.2) is 0 Å². The Morgan fingerprint density at radius 2 is 0.697 bits per heavy atom. The molecule has 0 saturated heterocycles. The minimum absolute atomic E-state index is 0.0160. The monoisotopic (exact) mass is 1010 g/mol. The molecule has 8 aromatic rings. The van der Waals surface area contributed by atoms with E-state index in [9.17, 15) is 0 Å². The molecule has 0 spiro atoms. The third-order valence-corrected chi connectivity index (χ3v) is 26.7. The van der Waals surface area contributed by atoms with E-state index in [1.54, 1.807) is 0 Å². The predicted octanol–water partition coefficient (Wildman–Crippen LogP) is 7.90. The van der Waals surface area contributed by atoms with Gasteiger partial charge in [-0.05, 0) is 0 Å². The van der Waals surface area contributed by atoms with Crippen LogP contribution < -0.4 is 47.2 Å². The molecule has 0 bridgehead atoms. The van der Waals surface area contributed by atoms with Gasteiger partial charge >= 0.3 is 407 Å². The van der Waals surface area contributed by atoms with Crippen LogP contribution >= 0.6 is 8.58 Å². The summed E-state index contributed by atoms with van der Waals surface area (Å²) in [7, 11) is 1.71. The van der Waals surface area contributed by atoms with Gasteiger partial charge in [0.2, 0.25) is 0 Å². The average molecular weight is 1020 g/mol. The van der Waals surface area contributed by atoms with E-state index in [0.717, 1.165) is 69.8 Å². The van der Waals surface area contributed by atoms with Crippen LogP contribution in [0.25, 0.3) is 0 Å². The second-order valence-corrected chi connectivity index (χ2v) is 30.5. The Hall–Kier alpha value is -5.71. The number of hydrogen-bond donors (Lipinski definition) is 0. The van der Waals surface area contributed by atoms with E-state index in [0.29, 0.717) is 0 Å². The number of aliphatic imine (C=N–C) groups is 2. The molecule has 1 saturated carbocycles. The van der Waals surface area contributed by atoms with Gasteiger partial charge in [0, 0.05) is 0 Å². The SMILES string of the molecule is Cc1cc2c(c([Si](c3ccccc3)(c3ccccc3)c3ccccc3)c1)[O][In]([Cl])[O]c1c(cc(C)cc1[Si](c1ccccc1)(c1ccccc1)c1ccccc1)C=N[C@@H]1CCCC[C@H]1N=C2. The van der Waals surface area contributed by atoms with Crippen molar-refractivity contribution in [1.29, 1.82) is 0 Å². The first-order chi connectivity index (χ1) is 32.5. The van der Waals surface area contributed by atoms with E-state index in [-0.39, 0.29) is 12.1 Å². The van der Waals surface area contributed by atoms with Crippen molar-refractivity contribution >= 4 is 99.8 Å². The van der Waals surface area contributed by atoms with Crippen LogP contribution in [0.2, 0.25) is 0 Å². The molecular formula is C58H52ClInN2O2Si2. The van der Waals surface area contributed by atoms with Gasteiger partial charge in [0.25, 0.3) is 0 Å². The van der Waals surface area contributed by atoms with Crippen LogP contribution in [0.3, 0.4) is 0 Å². The predicted molar refractivity (Wildman–Crippen MR) is 284 cm³/mol. The zero-order valence-electron chi connectivity index (χ0n) is 37.4. The quantitative estimate of drug-likeness (QED) is 0.115. The summed E-state index contributed by atoms with van der Waals surface area (Å²) >= 11 is -4.16. The number of aryl methyl sites for hydroxylation is 2. The summed E-state index contributed by atoms with van der Waals surface area (Å²) in [5.74, 6) is 1.53. The van der Waals surface area contributed by atoms with Crippen LogP contribution in [-0.4, -0.2) is 61.8 Å². The van der Waals surface area contributed by atoms with Gasteiger partial charge in [-0.15, -0.1) is 0 Å². The Kier molecular flexibility index (Phi) is 13.1. The van der Waals surface area contributed by atoms with E-state index in [2.05, 4.69) is 233 Å². The van der Waals surface area contributed by atoms with Crippen molar-refractivity contribution in [1.82, 2.24) is 0 Å². The molecule has 1 aliphatic carbocycles. The number of hydrogen-bond acceptors (Lipinski definition) is 4. The zero-order valence-corrected chi connectivity index (χ0v) is 43.5. The fraction of sp³-hybridized carbons (Fsp3) is 0.138. The summed E-state index contributed by atoms with van der Waals surface area (Å²) in [4.78, 5) is 10.9. The molecule has 10 rings (SSSR count). The molecule has 8 aromatic carbocycles. The van der Waals surface area contributed by atoms with E-state index in [1.807, 2.05) is 0 Å². The molecule has 324 valence electrons. The number of benzene rings is 8. The molecule has 2 atom stereocenters. The fourth-order valence-electron chi connectivity index (χ4n) is 10.7. The van der Waals surface area contributed by atoms with Gasteiger partial charge in [0.05, 0.1) is 0 Å². The summed E-state index contributed by atoms with van der Waals surface area (Å²) < 4.78 is 15.1. The molecule has 0 aromatic heterocycles. The van der Waals surface area contributed by atoms with E-state index in [1.165, 1.54) is 31.1 Å². The second-order valence-electron chi connectivity index (χ2n) is 17.6. The van der Waals surface area contributed by atoms with Crippen LogP contribution in [0.15, 0.2) is 216 Å². The first-order valence-electron chi connectivity index (χ1n) is 23.1. The number of fused-ring (bicyclic) bond motifs is 3. The van der Waals surface area contributed by atoms with Crippen molar-refractivity contribution in [2.45, 2.75) is 51.6 Å². The molecule has 66 heavy (non-hydrogen) atoms. The van der Waals surface area contributed by atoms with Crippen LogP contribution in [-0.2, 0) is 0 Å². The molecule has 0 radical (unpaired) electrons. The maximum absolute atomic E-state index is 7.94. The number of rotatable bonds is 8. The van der Waals surface area contributed by atoms with Crippen molar-refractivity contribution in [2.75, 3.05) is 0 Å². The van der Waals surface area contributed by atoms with Crippen molar-refractivity contribution in [3.05, 3.63) is 229 Å². The molecule has 8 heteroatoms. The summed E-state index contributed by atoms with van der Waals surface area (Å²) in [6, 6.07) is 75.3. The molecule has 1 heterocycles. The minimum atomic E-state index is -4.16. The second kappa shape index (κ2) is 19.6. The maximum atomic E-state index is 7.94. The van der Waals surface area contributed by atoms with Crippen molar-refractivity contribution in [3.8, 4) is 11.5 Å². The molecule has 2 aliphatic rings. The fourth-order valence-corrected chi connectivity index (χ4v) is 25.2. The Morgan fingerprint density at radius 1 is 0.424 bits per heavy atom. The average Bonchev–Trinajstić information content (AvgIpc) is 3.37. The molecule has 1 fully saturated rings. The molecule has 1 aliphatic heterocycles. The van der Waals surface area contributed by atoms with Gasteiger partial charge in [-0.1, -0.05) is 0 Å². The standard InChI is InChI=1S/C58H54N2O2Si2.ClH.In/c1-43-37-45(57(61)55(39-43)63(47-23-9-3-10-24-47,48-25-11-4-12-26-48)49-27-13-5-14-28-49)41-59-53-35-21-22-36-54(53)60-42-46-38-44(2)40-56(58(46)62)64(50-29-15-6-16-30-50,51-31-17-7-18-32-51)52-33-19-8-20-34-52;;/h3-20,23-34,37-42,53-54,61-62H,21-22,35-36H2,1-2H3;1H;/q;;+3/p-3/t53-,54-;;/m1../s1. The van der Waals surface area contributed by atoms with Gasteiger partial charge in [0.15, 0.2) is 0 Å². The third-order valence-electron chi connectivity index (χ3n) is 13.5. The normalized spacial score (nSPS) is 16.3. The van der Waals surface area contributed by atoms with Gasteiger partial charge in [0.1, 0.15) is 0 Å². The summed E-state index contributed by atoms with van der Waals surface area (Å²) in [6.45, 7) is 4.38. The molecule has 0 amide bonds. The Bertz CT molecular complexity index is 2580. The first-order valence-corrected chi connectivity index (χ1v) is 34.0. The summed E-state index contributed by atoms with van der Waals surface area (Å²) in [5.41, 5.74) is 4.12. The van der Waals surface area contributed by atoms with Crippen LogP contribution in [0.1, 0.15) is 47.9 Å². The topological polar surface area (TPSA) is 43.2 Å². The van der Waals surface area contributed by atoms with Crippen molar-refractivity contribution in [2.24, 2.45) is 9.98 Å². The summed E-state index contributed by atoms with van der Waals surface area (Å²) in [6.07, 6.45) is 8.30. The van der Waals surface area contributed by atoms with E-state index in [4.69, 9.17) is 24.3 Å². The Balaban J connectivity index is 1.27. The molecular weight excluding hydrogens is 963 g/mol. The molecule has 4 nitrogen and oxygen atoms in total. The first kappa shape index (κ1) is 44.1. The third kappa shape index (κ3) is 8.36. The van der Waals surface area contributed by atoms with E-state index >= 15 is 0 Å². The van der Waals surface area contributed by atoms with Gasteiger partial charge < -0.3 is 0 Å². The zero-order chi connectivity index (χ0) is 44.9. The number of nitrogens with zero attached hydrogens (tertiary/aromatic N) is 2. The molecule has 0 N–H and O–H groups in total. The van der Waals surface area contributed by atoms with Crippen LogP contribution in [0.5, 0.6) is 11.5 Å². The van der Waals surface area contributed by atoms with Crippen molar-refractivity contribution in [3.63, 3.8) is 0 Å². The Labute approximate surface area is 404 Å². The van der Waals surface area contributed by atoms with Crippen LogP contribution in [0.4, 0.5) is 0 Å². The summed E-state index contributed by atoms with van der Waals surface area (Å²) in [5, 5.41) is 9.82. The van der Waals surface area contributed by atoms with E-state index < -0.39 is 37.3 Å². The number of halogens is 1.